The molecule has 1 unspecified atom stereocenters. The average molecular weight is 323 g/mol. The van der Waals surface area contributed by atoms with Crippen molar-refractivity contribution in [1.82, 2.24) is 0 Å². The minimum atomic E-state index is -5.70. The minimum Gasteiger partial charge on any atom is -0.318 e. The first-order valence-corrected chi connectivity index (χ1v) is 8.96. The number of hydrogen-bond donors (Lipinski definition) is 0. The Hall–Kier alpha value is 0.337. The fourth-order valence-electron chi connectivity index (χ4n) is 0.903. The van der Waals surface area contributed by atoms with Gasteiger partial charge in [0.05, 0.1) is 6.23 Å². The highest BCUT2D eigenvalue weighted by Gasteiger charge is 2.58. The summed E-state index contributed by atoms with van der Waals surface area (Å²) in [4.78, 5) is 0. The van der Waals surface area contributed by atoms with Crippen LogP contribution >= 0.6 is 22.2 Å². The van der Waals surface area contributed by atoms with Crippen molar-refractivity contribution in [2.75, 3.05) is 6.23 Å². The third-order valence-corrected chi connectivity index (χ3v) is 5.26. The molecular weight excluding hydrogens is 313 g/mol. The standard InChI is InChI=1S/C7H10Cl2F6OSi/c1-2-3-17(8,9)4-16-7(14,15)5(10)6(11,12)13/h5H,2-4H2,1H3. The summed E-state index contributed by atoms with van der Waals surface area (Å²) in [5, 5.41) is 0. The number of ether oxygens (including phenoxy) is 1. The molecule has 0 spiro atoms. The molecule has 104 valence electrons. The van der Waals surface area contributed by atoms with E-state index in [4.69, 9.17) is 22.2 Å². The van der Waals surface area contributed by atoms with E-state index in [0.29, 0.717) is 6.42 Å². The largest absolute Gasteiger partial charge is 0.428 e. The Labute approximate surface area is 104 Å². The zero-order valence-corrected chi connectivity index (χ0v) is 11.1. The number of rotatable bonds is 6. The molecule has 0 aliphatic heterocycles. The highest BCUT2D eigenvalue weighted by atomic mass is 35.7. The van der Waals surface area contributed by atoms with Crippen molar-refractivity contribution in [3.05, 3.63) is 0 Å². The van der Waals surface area contributed by atoms with Crippen molar-refractivity contribution < 1.29 is 31.1 Å². The van der Waals surface area contributed by atoms with Gasteiger partial charge in [-0.25, -0.2) is 4.39 Å². The molecule has 0 rings (SSSR count). The van der Waals surface area contributed by atoms with E-state index >= 15 is 0 Å². The molecule has 0 amide bonds. The van der Waals surface area contributed by atoms with Gasteiger partial charge in [0.1, 0.15) is 0 Å². The van der Waals surface area contributed by atoms with E-state index in [2.05, 4.69) is 4.74 Å². The van der Waals surface area contributed by atoms with E-state index in [1.807, 2.05) is 0 Å². The molecular formula is C7H10Cl2F6OSi. The molecule has 0 aliphatic rings. The van der Waals surface area contributed by atoms with Gasteiger partial charge in [-0.3, -0.25) is 0 Å². The predicted molar refractivity (Wildman–Crippen MR) is 54.4 cm³/mol. The lowest BCUT2D eigenvalue weighted by molar-refractivity contribution is -0.330. The molecule has 0 aliphatic carbocycles. The zero-order chi connectivity index (χ0) is 13.9. The molecule has 0 saturated carbocycles. The summed E-state index contributed by atoms with van der Waals surface area (Å²) >= 11 is 11.2. The summed E-state index contributed by atoms with van der Waals surface area (Å²) in [6.45, 7) is -1.54. The Balaban J connectivity index is 4.46. The lowest BCUT2D eigenvalue weighted by Gasteiger charge is -2.25. The van der Waals surface area contributed by atoms with E-state index in [0.717, 1.165) is 0 Å². The summed E-state index contributed by atoms with van der Waals surface area (Å²) in [5.41, 5.74) is 0. The van der Waals surface area contributed by atoms with Crippen LogP contribution in [0.4, 0.5) is 26.3 Å². The molecule has 1 atom stereocenters. The second-order valence-electron chi connectivity index (χ2n) is 3.36. The second kappa shape index (κ2) is 5.99. The molecule has 0 aromatic heterocycles. The molecule has 1 nitrogen and oxygen atoms in total. The molecule has 10 heteroatoms. The molecule has 0 aromatic rings. The molecule has 0 radical (unpaired) electrons. The maximum Gasteiger partial charge on any atom is 0.428 e. The molecule has 0 heterocycles. The molecule has 0 fully saturated rings. The highest BCUT2D eigenvalue weighted by molar-refractivity contribution is 7.45. The first-order valence-electron chi connectivity index (χ1n) is 4.53. The summed E-state index contributed by atoms with van der Waals surface area (Å²) in [6.07, 6.45) is -15.6. The fraction of sp³-hybridized carbons (Fsp3) is 1.00. The Kier molecular flexibility index (Phi) is 6.10. The van der Waals surface area contributed by atoms with Crippen molar-refractivity contribution in [2.45, 2.75) is 37.8 Å². The summed E-state index contributed by atoms with van der Waals surface area (Å²) in [5.74, 6) is 0. The third-order valence-electron chi connectivity index (χ3n) is 1.67. The van der Waals surface area contributed by atoms with Crippen LogP contribution in [0.1, 0.15) is 13.3 Å². The van der Waals surface area contributed by atoms with Gasteiger partial charge in [0.25, 0.3) is 12.9 Å². The van der Waals surface area contributed by atoms with Crippen molar-refractivity contribution in [2.24, 2.45) is 0 Å². The first-order chi connectivity index (χ1) is 7.42. The van der Waals surface area contributed by atoms with Crippen molar-refractivity contribution >= 4 is 28.9 Å². The van der Waals surface area contributed by atoms with Crippen molar-refractivity contribution in [3.8, 4) is 0 Å². The van der Waals surface area contributed by atoms with E-state index in [9.17, 15) is 26.3 Å². The second-order valence-corrected chi connectivity index (χ2v) is 10.8. The van der Waals surface area contributed by atoms with Gasteiger partial charge in [0.15, 0.2) is 0 Å². The fourth-order valence-corrected chi connectivity index (χ4v) is 3.64. The Morgan fingerprint density at radius 1 is 1.18 bits per heavy atom. The van der Waals surface area contributed by atoms with Crippen LogP contribution in [0.5, 0.6) is 0 Å². The van der Waals surface area contributed by atoms with Crippen molar-refractivity contribution in [3.63, 3.8) is 0 Å². The lowest BCUT2D eigenvalue weighted by atomic mass is 10.3. The van der Waals surface area contributed by atoms with E-state index < -0.39 is 31.4 Å². The number of halogens is 8. The van der Waals surface area contributed by atoms with Crippen LogP contribution in [0.25, 0.3) is 0 Å². The predicted octanol–water partition coefficient (Wildman–Crippen LogP) is 4.37. The van der Waals surface area contributed by atoms with E-state index in [1.54, 1.807) is 6.92 Å². The van der Waals surface area contributed by atoms with Crippen LogP contribution in [0.3, 0.4) is 0 Å². The van der Waals surface area contributed by atoms with Gasteiger partial charge in [-0.2, -0.15) is 22.0 Å². The Morgan fingerprint density at radius 2 is 1.65 bits per heavy atom. The smallest absolute Gasteiger partial charge is 0.318 e. The average Bonchev–Trinajstić information content (AvgIpc) is 2.12. The van der Waals surface area contributed by atoms with Gasteiger partial charge in [0, 0.05) is 0 Å². The van der Waals surface area contributed by atoms with Crippen LogP contribution < -0.4 is 0 Å². The topological polar surface area (TPSA) is 9.23 Å². The van der Waals surface area contributed by atoms with E-state index in [-0.39, 0.29) is 6.04 Å². The maximum absolute atomic E-state index is 12.7. The van der Waals surface area contributed by atoms with Crippen LogP contribution in [0.2, 0.25) is 6.04 Å². The van der Waals surface area contributed by atoms with Crippen LogP contribution in [-0.4, -0.2) is 31.4 Å². The third kappa shape index (κ3) is 6.17. The maximum atomic E-state index is 12.7. The minimum absolute atomic E-state index is 0.162. The monoisotopic (exact) mass is 322 g/mol. The summed E-state index contributed by atoms with van der Waals surface area (Å²) < 4.78 is 76.5. The van der Waals surface area contributed by atoms with Crippen LogP contribution in [0, 0.1) is 0 Å². The van der Waals surface area contributed by atoms with Crippen LogP contribution in [0.15, 0.2) is 0 Å². The summed E-state index contributed by atoms with van der Waals surface area (Å²) in [6, 6.07) is 0.162. The lowest BCUT2D eigenvalue weighted by Crippen LogP contribution is -2.46. The molecule has 0 N–H and O–H groups in total. The van der Waals surface area contributed by atoms with Gasteiger partial charge < -0.3 is 4.74 Å². The number of alkyl halides is 6. The van der Waals surface area contributed by atoms with Crippen LogP contribution in [-0.2, 0) is 4.74 Å². The first kappa shape index (κ1) is 17.3. The van der Waals surface area contributed by atoms with Gasteiger partial charge >= 0.3 is 12.3 Å². The SMILES string of the molecule is CCC[Si](Cl)(Cl)COC(F)(F)C(F)C(F)(F)F. The normalized spacial score (nSPS) is 16.1. The van der Waals surface area contributed by atoms with Crippen molar-refractivity contribution in [1.29, 1.82) is 0 Å². The molecule has 17 heavy (non-hydrogen) atoms. The highest BCUT2D eigenvalue weighted by Crippen LogP contribution is 2.37. The quantitative estimate of drug-likeness (QED) is 0.401. The van der Waals surface area contributed by atoms with Gasteiger partial charge in [-0.1, -0.05) is 13.3 Å². The number of hydrogen-bond acceptors (Lipinski definition) is 1. The Morgan fingerprint density at radius 3 is 2.00 bits per heavy atom. The van der Waals surface area contributed by atoms with Gasteiger partial charge in [0.2, 0.25) is 0 Å². The van der Waals surface area contributed by atoms with Gasteiger partial charge in [-0.15, -0.1) is 22.2 Å². The van der Waals surface area contributed by atoms with Gasteiger partial charge in [-0.05, 0) is 6.04 Å². The Bertz CT molecular complexity index is 247. The molecule has 0 aromatic carbocycles. The van der Waals surface area contributed by atoms with E-state index in [1.165, 1.54) is 0 Å². The summed E-state index contributed by atoms with van der Waals surface area (Å²) in [7, 11) is 0. The zero-order valence-electron chi connectivity index (χ0n) is 8.63. The molecule has 0 saturated heterocycles. The molecule has 0 bridgehead atoms.